The van der Waals surface area contributed by atoms with Gasteiger partial charge in [-0.05, 0) is 71.3 Å². The van der Waals surface area contributed by atoms with Crippen molar-refractivity contribution in [1.82, 2.24) is 15.0 Å². The van der Waals surface area contributed by atoms with E-state index in [4.69, 9.17) is 4.74 Å². The Morgan fingerprint density at radius 2 is 0.979 bits per heavy atom. The van der Waals surface area contributed by atoms with Gasteiger partial charge in [-0.1, -0.05) is 0 Å². The highest BCUT2D eigenvalue weighted by atomic mass is 19.4. The molecule has 0 saturated heterocycles. The van der Waals surface area contributed by atoms with Crippen LogP contribution in [0.5, 0.6) is 0 Å². The van der Waals surface area contributed by atoms with Crippen molar-refractivity contribution in [1.29, 1.82) is 0 Å². The summed E-state index contributed by atoms with van der Waals surface area (Å²) in [4.78, 5) is 56.1. The van der Waals surface area contributed by atoms with Crippen LogP contribution in [-0.2, 0) is 38.1 Å². The molecule has 0 aliphatic heterocycles. The maximum atomic E-state index is 13.0. The average molecular weight is 665 g/mol. The fourth-order valence-electron chi connectivity index (χ4n) is 3.87. The van der Waals surface area contributed by atoms with E-state index in [1.165, 1.54) is 54.9 Å². The number of nitrogens with zero attached hydrogens (tertiary/aromatic N) is 3. The molecule has 3 aromatic rings. The second-order valence-electron chi connectivity index (χ2n) is 9.09. The van der Waals surface area contributed by atoms with Gasteiger partial charge in [0.05, 0.1) is 22.8 Å². The summed E-state index contributed by atoms with van der Waals surface area (Å²) in [6.07, 6.45) is -6.70. The van der Waals surface area contributed by atoms with Crippen molar-refractivity contribution in [3.63, 3.8) is 0 Å². The van der Waals surface area contributed by atoms with Crippen LogP contribution in [0.4, 0.5) is 26.3 Å². The number of aromatic nitrogens is 3. The van der Waals surface area contributed by atoms with Gasteiger partial charge in [0, 0.05) is 12.4 Å². The minimum Gasteiger partial charge on any atom is -0.460 e. The molecule has 0 amide bonds. The Hall–Kier alpha value is -5.87. The molecule has 0 unspecified atom stereocenters. The molecule has 0 saturated carbocycles. The minimum atomic E-state index is -4.68. The van der Waals surface area contributed by atoms with Crippen molar-refractivity contribution in [2.24, 2.45) is 0 Å². The van der Waals surface area contributed by atoms with Crippen molar-refractivity contribution >= 4 is 44.1 Å². The van der Waals surface area contributed by atoms with Crippen LogP contribution in [0.3, 0.4) is 0 Å². The van der Waals surface area contributed by atoms with Gasteiger partial charge >= 0.3 is 12.4 Å². The van der Waals surface area contributed by atoms with Crippen molar-refractivity contribution in [3.8, 4) is 22.8 Å². The minimum absolute atomic E-state index is 0.0810. The number of hydrogen-bond acceptors (Lipinski definition) is 11. The van der Waals surface area contributed by atoms with Crippen LogP contribution in [-0.4, -0.2) is 59.8 Å². The first-order valence-corrected chi connectivity index (χ1v) is 12.9. The molecule has 0 aromatic carbocycles. The zero-order chi connectivity index (χ0) is 34.5. The number of ether oxygens (including phenoxy) is 4. The highest BCUT2D eigenvalue weighted by molar-refractivity contribution is 5.71. The quantitative estimate of drug-likeness (QED) is 0.0790. The van der Waals surface area contributed by atoms with Crippen LogP contribution in [0.1, 0.15) is 29.5 Å². The Kier molecular flexibility index (Phi) is 12.5. The number of hydrogen-bond donors (Lipinski definition) is 0. The number of carbonyl (C=O) groups excluding carboxylic acids is 4. The van der Waals surface area contributed by atoms with Gasteiger partial charge in [-0.3, -0.25) is 29.1 Å². The number of carbonyl (C=O) groups is 4. The molecule has 11 nitrogen and oxygen atoms in total. The number of rotatable bonds is 16. The van der Waals surface area contributed by atoms with Crippen LogP contribution >= 0.6 is 0 Å². The standard InChI is InChI=1S/C30H21F6N3O8/c31-29(32,33)12-22(45-16-41)5-19-1-3-37-25(8-19)27-10-21(7-24(47-18-43)14-44-15-40)11-28(39-27)26-9-20(2-4-38-26)6-23(46-17-42)13-30(34,35)36/h1-11,15-18H,12-14H2/b22-5+,23-6+,24-7+. The third kappa shape index (κ3) is 12.2. The summed E-state index contributed by atoms with van der Waals surface area (Å²) in [5.74, 6) is -1.52. The Morgan fingerprint density at radius 1 is 0.574 bits per heavy atom. The maximum Gasteiger partial charge on any atom is 0.396 e. The molecule has 0 fully saturated rings. The van der Waals surface area contributed by atoms with E-state index in [0.717, 1.165) is 12.2 Å². The van der Waals surface area contributed by atoms with E-state index in [1.807, 2.05) is 0 Å². The van der Waals surface area contributed by atoms with Crippen LogP contribution in [0, 0.1) is 0 Å². The molecule has 3 rings (SSSR count). The van der Waals surface area contributed by atoms with E-state index in [-0.39, 0.29) is 71.1 Å². The predicted molar refractivity (Wildman–Crippen MR) is 149 cm³/mol. The van der Waals surface area contributed by atoms with Crippen LogP contribution in [0.15, 0.2) is 66.1 Å². The maximum absolute atomic E-state index is 13.0. The molecule has 47 heavy (non-hydrogen) atoms. The SMILES string of the molecule is O=COC/C(=C\c1cc(-c2cc(/C=C(\CC(F)(F)F)OC=O)ccn2)nc(-c2cc(/C=C(\CC(F)(F)F)OC=O)ccn2)c1)OC=O. The molecule has 0 atom stereocenters. The van der Waals surface area contributed by atoms with Gasteiger partial charge in [-0.2, -0.15) is 26.3 Å². The third-order valence-corrected chi connectivity index (χ3v) is 5.56. The van der Waals surface area contributed by atoms with Crippen molar-refractivity contribution in [3.05, 3.63) is 82.8 Å². The fraction of sp³-hybridized carbons (Fsp3) is 0.167. The second kappa shape index (κ2) is 16.4. The first-order chi connectivity index (χ1) is 22.3. The summed E-state index contributed by atoms with van der Waals surface area (Å²) < 4.78 is 96.2. The van der Waals surface area contributed by atoms with E-state index in [0.29, 0.717) is 0 Å². The first kappa shape index (κ1) is 35.6. The van der Waals surface area contributed by atoms with Gasteiger partial charge in [-0.25, -0.2) is 4.98 Å². The third-order valence-electron chi connectivity index (χ3n) is 5.56. The van der Waals surface area contributed by atoms with Crippen LogP contribution < -0.4 is 0 Å². The summed E-state index contributed by atoms with van der Waals surface area (Å²) in [6.45, 7) is -0.560. The molecular weight excluding hydrogens is 644 g/mol. The normalized spacial score (nSPS) is 12.6. The molecule has 3 heterocycles. The molecule has 0 N–H and O–H groups in total. The summed E-state index contributed by atoms with van der Waals surface area (Å²) in [5.41, 5.74) is 0.902. The summed E-state index contributed by atoms with van der Waals surface area (Å²) >= 11 is 0. The van der Waals surface area contributed by atoms with Crippen molar-refractivity contribution in [2.75, 3.05) is 6.61 Å². The predicted octanol–water partition coefficient (Wildman–Crippen LogP) is 5.83. The molecule has 17 heteroatoms. The summed E-state index contributed by atoms with van der Waals surface area (Å²) in [7, 11) is 0. The Labute approximate surface area is 261 Å². The second-order valence-corrected chi connectivity index (χ2v) is 9.09. The average Bonchev–Trinajstić information content (AvgIpc) is 2.99. The van der Waals surface area contributed by atoms with Crippen molar-refractivity contribution < 1.29 is 64.5 Å². The van der Waals surface area contributed by atoms with E-state index >= 15 is 0 Å². The molecule has 0 spiro atoms. The Bertz CT molecular complexity index is 1580. The number of alkyl halides is 6. The van der Waals surface area contributed by atoms with Gasteiger partial charge in [0.25, 0.3) is 25.9 Å². The topological polar surface area (TPSA) is 144 Å². The van der Waals surface area contributed by atoms with E-state index in [2.05, 4.69) is 29.2 Å². The van der Waals surface area contributed by atoms with Gasteiger partial charge in [-0.15, -0.1) is 0 Å². The highest BCUT2D eigenvalue weighted by Gasteiger charge is 2.31. The fourth-order valence-corrected chi connectivity index (χ4v) is 3.87. The molecule has 0 aliphatic rings. The summed E-state index contributed by atoms with van der Waals surface area (Å²) in [6, 6.07) is 8.18. The molecule has 0 bridgehead atoms. The van der Waals surface area contributed by atoms with Crippen molar-refractivity contribution in [2.45, 2.75) is 25.2 Å². The lowest BCUT2D eigenvalue weighted by Crippen LogP contribution is -2.10. The lowest BCUT2D eigenvalue weighted by molar-refractivity contribution is -0.141. The molecule has 3 aromatic heterocycles. The molecular formula is C30H21F6N3O8. The van der Waals surface area contributed by atoms with Gasteiger partial charge in [0.2, 0.25) is 0 Å². The van der Waals surface area contributed by atoms with E-state index in [9.17, 15) is 45.5 Å². The Balaban J connectivity index is 2.18. The number of allylic oxidation sites excluding steroid dienone is 2. The Morgan fingerprint density at radius 3 is 1.38 bits per heavy atom. The van der Waals surface area contributed by atoms with E-state index < -0.39 is 43.3 Å². The zero-order valence-electron chi connectivity index (χ0n) is 23.7. The van der Waals surface area contributed by atoms with Gasteiger partial charge in [0.1, 0.15) is 36.7 Å². The largest absolute Gasteiger partial charge is 0.460 e. The molecule has 0 aliphatic carbocycles. The van der Waals surface area contributed by atoms with Gasteiger partial charge < -0.3 is 18.9 Å². The lowest BCUT2D eigenvalue weighted by atomic mass is 10.1. The molecule has 0 radical (unpaired) electrons. The lowest BCUT2D eigenvalue weighted by Gasteiger charge is -2.11. The van der Waals surface area contributed by atoms with Gasteiger partial charge in [0.15, 0.2) is 0 Å². The highest BCUT2D eigenvalue weighted by Crippen LogP contribution is 2.30. The molecule has 246 valence electrons. The summed E-state index contributed by atoms with van der Waals surface area (Å²) in [5, 5.41) is 0. The first-order valence-electron chi connectivity index (χ1n) is 12.9. The van der Waals surface area contributed by atoms with Crippen LogP contribution in [0.2, 0.25) is 0 Å². The zero-order valence-corrected chi connectivity index (χ0v) is 23.7. The number of pyridine rings is 3. The van der Waals surface area contributed by atoms with Crippen LogP contribution in [0.25, 0.3) is 41.0 Å². The number of halogens is 6. The van der Waals surface area contributed by atoms with E-state index in [1.54, 1.807) is 0 Å². The monoisotopic (exact) mass is 665 g/mol. The smallest absolute Gasteiger partial charge is 0.396 e.